The maximum absolute atomic E-state index is 10.6. The molecule has 2 aromatic heterocycles. The first-order valence-corrected chi connectivity index (χ1v) is 7.78. The van der Waals surface area contributed by atoms with Gasteiger partial charge in [-0.25, -0.2) is 0 Å². The van der Waals surface area contributed by atoms with E-state index in [2.05, 4.69) is 4.98 Å². The summed E-state index contributed by atoms with van der Waals surface area (Å²) in [7, 11) is 1.55. The summed E-state index contributed by atoms with van der Waals surface area (Å²) in [4.78, 5) is 3.06. The van der Waals surface area contributed by atoms with Gasteiger partial charge in [0.25, 0.3) is 0 Å². The minimum absolute atomic E-state index is 0.214. The van der Waals surface area contributed by atoms with Crippen LogP contribution in [-0.2, 0) is 0 Å². The van der Waals surface area contributed by atoms with E-state index in [0.29, 0.717) is 22.3 Å². The Kier molecular flexibility index (Phi) is 4.27. The van der Waals surface area contributed by atoms with E-state index in [1.807, 2.05) is 12.1 Å². The Hall–Kier alpha value is -1.39. The van der Waals surface area contributed by atoms with Gasteiger partial charge in [0.1, 0.15) is 11.1 Å². The Morgan fingerprint density at radius 1 is 1.38 bits per heavy atom. The first kappa shape index (κ1) is 14.5. The number of halogens is 1. The number of rotatable bonds is 4. The smallest absolute Gasteiger partial charge is 0.182 e. The normalized spacial score (nSPS) is 17.9. The van der Waals surface area contributed by atoms with E-state index in [9.17, 15) is 5.11 Å². The highest BCUT2D eigenvalue weighted by Gasteiger charge is 2.32. The Labute approximate surface area is 129 Å². The van der Waals surface area contributed by atoms with Crippen molar-refractivity contribution in [1.82, 2.24) is 4.98 Å². The second-order valence-corrected chi connectivity index (χ2v) is 5.95. The summed E-state index contributed by atoms with van der Waals surface area (Å²) in [5.41, 5.74) is 0.778. The number of hydrogen-bond acceptors (Lipinski definition) is 3. The van der Waals surface area contributed by atoms with Crippen LogP contribution in [0.3, 0.4) is 0 Å². The maximum Gasteiger partial charge on any atom is 0.182 e. The van der Waals surface area contributed by atoms with Gasteiger partial charge in [0.2, 0.25) is 0 Å². The van der Waals surface area contributed by atoms with Crippen molar-refractivity contribution in [2.45, 2.75) is 38.2 Å². The van der Waals surface area contributed by atoms with Crippen molar-refractivity contribution in [3.63, 3.8) is 0 Å². The molecule has 1 fully saturated rings. The SMILES string of the molecule is COc1c(C(O)C2CCCCC2)oc(-c2ccc[nH]2)c1Cl. The van der Waals surface area contributed by atoms with Crippen LogP contribution in [0.25, 0.3) is 11.5 Å². The zero-order valence-electron chi connectivity index (χ0n) is 12.1. The summed E-state index contributed by atoms with van der Waals surface area (Å²) >= 11 is 6.35. The van der Waals surface area contributed by atoms with Crippen LogP contribution in [0.15, 0.2) is 22.7 Å². The van der Waals surface area contributed by atoms with E-state index in [4.69, 9.17) is 20.8 Å². The number of ether oxygens (including phenoxy) is 1. The molecule has 2 heterocycles. The summed E-state index contributed by atoms with van der Waals surface area (Å²) in [5, 5.41) is 11.1. The van der Waals surface area contributed by atoms with Gasteiger partial charge in [-0.2, -0.15) is 0 Å². The Balaban J connectivity index is 1.95. The quantitative estimate of drug-likeness (QED) is 0.871. The minimum Gasteiger partial charge on any atom is -0.491 e. The molecule has 2 N–H and O–H groups in total. The molecular weight excluding hydrogens is 290 g/mol. The second-order valence-electron chi connectivity index (χ2n) is 5.57. The summed E-state index contributed by atoms with van der Waals surface area (Å²) < 4.78 is 11.2. The monoisotopic (exact) mass is 309 g/mol. The fourth-order valence-corrected chi connectivity index (χ4v) is 3.42. The van der Waals surface area contributed by atoms with E-state index in [0.717, 1.165) is 31.4 Å². The molecule has 1 atom stereocenters. The van der Waals surface area contributed by atoms with E-state index in [1.54, 1.807) is 13.3 Å². The molecule has 0 aliphatic heterocycles. The van der Waals surface area contributed by atoms with Gasteiger partial charge in [0.05, 0.1) is 12.8 Å². The van der Waals surface area contributed by atoms with Gasteiger partial charge in [-0.1, -0.05) is 30.9 Å². The van der Waals surface area contributed by atoms with Crippen molar-refractivity contribution in [3.8, 4) is 17.2 Å². The van der Waals surface area contributed by atoms with Crippen molar-refractivity contribution >= 4 is 11.6 Å². The van der Waals surface area contributed by atoms with Gasteiger partial charge in [-0.15, -0.1) is 0 Å². The number of aliphatic hydroxyl groups is 1. The molecular formula is C16H20ClNO3. The summed E-state index contributed by atoms with van der Waals surface area (Å²) in [5.74, 6) is 1.62. The van der Waals surface area contributed by atoms with Gasteiger partial charge in [0.15, 0.2) is 17.3 Å². The van der Waals surface area contributed by atoms with Crippen LogP contribution >= 0.6 is 11.6 Å². The van der Waals surface area contributed by atoms with Crippen molar-refractivity contribution in [1.29, 1.82) is 0 Å². The predicted octanol–water partition coefficient (Wildman–Crippen LogP) is 4.55. The average Bonchev–Trinajstić information content (AvgIpc) is 3.14. The molecule has 21 heavy (non-hydrogen) atoms. The average molecular weight is 310 g/mol. The Bertz CT molecular complexity index is 585. The van der Waals surface area contributed by atoms with Crippen LogP contribution in [0.4, 0.5) is 0 Å². The van der Waals surface area contributed by atoms with Gasteiger partial charge in [-0.05, 0) is 30.9 Å². The molecule has 5 heteroatoms. The van der Waals surface area contributed by atoms with Crippen LogP contribution in [-0.4, -0.2) is 17.2 Å². The van der Waals surface area contributed by atoms with Gasteiger partial charge in [-0.3, -0.25) is 0 Å². The minimum atomic E-state index is -0.665. The highest BCUT2D eigenvalue weighted by molar-refractivity contribution is 6.34. The third kappa shape index (κ3) is 2.70. The van der Waals surface area contributed by atoms with Crippen LogP contribution in [0, 0.1) is 5.92 Å². The lowest BCUT2D eigenvalue weighted by molar-refractivity contribution is 0.0630. The molecule has 0 radical (unpaired) electrons. The van der Waals surface area contributed by atoms with Crippen LogP contribution < -0.4 is 4.74 Å². The van der Waals surface area contributed by atoms with Gasteiger partial charge in [0, 0.05) is 6.20 Å². The van der Waals surface area contributed by atoms with E-state index in [-0.39, 0.29) is 5.92 Å². The van der Waals surface area contributed by atoms with Crippen molar-refractivity contribution < 1.29 is 14.3 Å². The first-order chi connectivity index (χ1) is 10.2. The topological polar surface area (TPSA) is 58.4 Å². The lowest BCUT2D eigenvalue weighted by atomic mass is 9.84. The molecule has 1 saturated carbocycles. The highest BCUT2D eigenvalue weighted by Crippen LogP contribution is 2.46. The molecule has 1 aliphatic rings. The number of nitrogens with one attached hydrogen (secondary N) is 1. The number of methoxy groups -OCH3 is 1. The molecule has 0 bridgehead atoms. The van der Waals surface area contributed by atoms with Gasteiger partial charge >= 0.3 is 0 Å². The Morgan fingerprint density at radius 3 is 2.76 bits per heavy atom. The van der Waals surface area contributed by atoms with Crippen molar-refractivity contribution in [2.24, 2.45) is 5.92 Å². The molecule has 0 spiro atoms. The second kappa shape index (κ2) is 6.16. The predicted molar refractivity (Wildman–Crippen MR) is 81.6 cm³/mol. The third-order valence-corrected chi connectivity index (χ3v) is 4.59. The number of aromatic nitrogens is 1. The van der Waals surface area contributed by atoms with Gasteiger partial charge < -0.3 is 19.2 Å². The molecule has 4 nitrogen and oxygen atoms in total. The van der Waals surface area contributed by atoms with Crippen LogP contribution in [0.5, 0.6) is 5.75 Å². The molecule has 2 aromatic rings. The van der Waals surface area contributed by atoms with E-state index >= 15 is 0 Å². The highest BCUT2D eigenvalue weighted by atomic mass is 35.5. The fourth-order valence-electron chi connectivity index (χ4n) is 3.11. The molecule has 1 aliphatic carbocycles. The molecule has 0 aromatic carbocycles. The molecule has 3 rings (SSSR count). The number of aliphatic hydroxyl groups excluding tert-OH is 1. The summed E-state index contributed by atoms with van der Waals surface area (Å²) in [6.45, 7) is 0. The number of H-pyrrole nitrogens is 1. The van der Waals surface area contributed by atoms with Crippen LogP contribution in [0.2, 0.25) is 5.02 Å². The largest absolute Gasteiger partial charge is 0.491 e. The summed E-state index contributed by atoms with van der Waals surface area (Å²) in [6, 6.07) is 3.75. The summed E-state index contributed by atoms with van der Waals surface area (Å²) in [6.07, 6.45) is 6.72. The zero-order chi connectivity index (χ0) is 14.8. The molecule has 1 unspecified atom stereocenters. The van der Waals surface area contributed by atoms with Crippen LogP contribution in [0.1, 0.15) is 44.0 Å². The maximum atomic E-state index is 10.6. The lowest BCUT2D eigenvalue weighted by Gasteiger charge is -2.25. The number of furan rings is 1. The van der Waals surface area contributed by atoms with E-state index < -0.39 is 6.10 Å². The third-order valence-electron chi connectivity index (χ3n) is 4.25. The van der Waals surface area contributed by atoms with Crippen molar-refractivity contribution in [3.05, 3.63) is 29.1 Å². The zero-order valence-corrected chi connectivity index (χ0v) is 12.8. The van der Waals surface area contributed by atoms with Crippen molar-refractivity contribution in [2.75, 3.05) is 7.11 Å². The molecule has 114 valence electrons. The lowest BCUT2D eigenvalue weighted by Crippen LogP contribution is -2.16. The number of aromatic amines is 1. The fraction of sp³-hybridized carbons (Fsp3) is 0.500. The van der Waals surface area contributed by atoms with E-state index in [1.165, 1.54) is 6.42 Å². The molecule has 0 amide bonds. The molecule has 0 saturated heterocycles. The standard InChI is InChI=1S/C16H20ClNO3/c1-20-15-12(17)14(11-8-5-9-18-11)21-16(15)13(19)10-6-3-2-4-7-10/h5,8-10,13,18-19H,2-4,6-7H2,1H3. The number of hydrogen-bond donors (Lipinski definition) is 2. The Morgan fingerprint density at radius 2 is 2.14 bits per heavy atom. The first-order valence-electron chi connectivity index (χ1n) is 7.40.